The van der Waals surface area contributed by atoms with Crippen molar-refractivity contribution in [1.82, 2.24) is 0 Å². The van der Waals surface area contributed by atoms with E-state index in [-0.39, 0.29) is 6.04 Å². The first-order valence-corrected chi connectivity index (χ1v) is 4.17. The predicted octanol–water partition coefficient (Wildman–Crippen LogP) is 1.36. The van der Waals surface area contributed by atoms with Crippen LogP contribution in [0.1, 0.15) is 6.42 Å². The lowest BCUT2D eigenvalue weighted by Crippen LogP contribution is -2.35. The van der Waals surface area contributed by atoms with Gasteiger partial charge in [0.1, 0.15) is 0 Å². The van der Waals surface area contributed by atoms with Crippen molar-refractivity contribution in [2.45, 2.75) is 24.6 Å². The van der Waals surface area contributed by atoms with Gasteiger partial charge in [0, 0.05) is 16.7 Å². The van der Waals surface area contributed by atoms with Gasteiger partial charge in [-0.25, -0.2) is 0 Å². The molecule has 0 aromatic carbocycles. The van der Waals surface area contributed by atoms with Crippen molar-refractivity contribution in [3.63, 3.8) is 0 Å². The molecule has 0 unspecified atom stereocenters. The average molecular weight is 178 g/mol. The van der Waals surface area contributed by atoms with Crippen LogP contribution in [0.25, 0.3) is 0 Å². The van der Waals surface area contributed by atoms with Gasteiger partial charge in [-0.15, -0.1) is 0 Å². The minimum atomic E-state index is -5.36. The van der Waals surface area contributed by atoms with Crippen molar-refractivity contribution in [1.29, 1.82) is 0 Å². The highest BCUT2D eigenvalue weighted by Gasteiger charge is 2.56. The van der Waals surface area contributed by atoms with Gasteiger partial charge in [0.2, 0.25) is 0 Å². The summed E-state index contributed by atoms with van der Waals surface area (Å²) in [6.45, 7) is 0. The Morgan fingerprint density at radius 2 is 1.40 bits per heavy atom. The molecule has 0 saturated heterocycles. The van der Waals surface area contributed by atoms with E-state index in [9.17, 15) is 22.0 Å². The van der Waals surface area contributed by atoms with Crippen LogP contribution < -0.4 is 0 Å². The van der Waals surface area contributed by atoms with E-state index >= 15 is 0 Å². The molecule has 0 bridgehead atoms. The molecule has 6 heteroatoms. The molecule has 0 aliphatic heterocycles. The van der Waals surface area contributed by atoms with Crippen LogP contribution in [-0.2, 0) is 0 Å². The molecule has 0 fully saturated rings. The Kier molecular flexibility index (Phi) is 2.82. The van der Waals surface area contributed by atoms with Crippen LogP contribution in [0.4, 0.5) is 22.0 Å². The summed E-state index contributed by atoms with van der Waals surface area (Å²) in [5.74, 6) is -4.48. The Balaban J connectivity index is 4.10. The Hall–Kier alpha value is -0.133. The maximum absolute atomic E-state index is 11.8. The summed E-state index contributed by atoms with van der Waals surface area (Å²) < 4.78 is 57.5. The van der Waals surface area contributed by atoms with E-state index in [1.165, 1.54) is 0 Å². The van der Waals surface area contributed by atoms with Crippen molar-refractivity contribution in [2.24, 2.45) is 0 Å². The van der Waals surface area contributed by atoms with Crippen LogP contribution in [-0.4, -0.2) is 22.3 Å². The molecule has 0 amide bonds. The predicted molar refractivity (Wildman–Crippen MR) is 30.4 cm³/mol. The maximum atomic E-state index is 11.8. The zero-order valence-electron chi connectivity index (χ0n) is 5.30. The molecule has 0 nitrogen and oxygen atoms in total. The van der Waals surface area contributed by atoms with Gasteiger partial charge < -0.3 is 0 Å². The van der Waals surface area contributed by atoms with Crippen LogP contribution in [0.15, 0.2) is 0 Å². The smallest absolute Gasteiger partial charge is 0.196 e. The fourth-order valence-corrected chi connectivity index (χ4v) is 1.08. The molecule has 0 aromatic rings. The lowest BCUT2D eigenvalue weighted by molar-refractivity contribution is -0.282. The summed E-state index contributed by atoms with van der Waals surface area (Å²) in [6, 6.07) is -0.0352. The van der Waals surface area contributed by atoms with Crippen molar-refractivity contribution < 1.29 is 22.0 Å². The first-order chi connectivity index (χ1) is 4.31. The second-order valence-electron chi connectivity index (χ2n) is 1.95. The monoisotopic (exact) mass is 178 g/mol. The van der Waals surface area contributed by atoms with Gasteiger partial charge in [0.25, 0.3) is 0 Å². The molecule has 0 heterocycles. The van der Waals surface area contributed by atoms with Crippen LogP contribution in [0.2, 0.25) is 6.04 Å². The summed E-state index contributed by atoms with van der Waals surface area (Å²) in [6.07, 6.45) is -6.43. The Bertz CT molecular complexity index is 107. The minimum Gasteiger partial charge on any atom is -0.196 e. The Labute approximate surface area is 57.8 Å². The molecule has 0 aromatic heterocycles. The highest BCUT2D eigenvalue weighted by molar-refractivity contribution is 6.08. The molecular weight excluding hydrogens is 171 g/mol. The fourth-order valence-electron chi connectivity index (χ4n) is 0.456. The molecule has 0 atom stereocenters. The van der Waals surface area contributed by atoms with Crippen LogP contribution >= 0.6 is 0 Å². The topological polar surface area (TPSA) is 0 Å². The lowest BCUT2D eigenvalue weighted by Gasteiger charge is -2.18. The van der Waals surface area contributed by atoms with E-state index in [4.69, 9.17) is 0 Å². The quantitative estimate of drug-likeness (QED) is 0.442. The molecule has 10 heavy (non-hydrogen) atoms. The van der Waals surface area contributed by atoms with Crippen molar-refractivity contribution in [3.05, 3.63) is 0 Å². The molecule has 0 aliphatic rings. The zero-order chi connectivity index (χ0) is 8.41. The van der Waals surface area contributed by atoms with Gasteiger partial charge in [0.15, 0.2) is 0 Å². The molecule has 0 spiro atoms. The molecule has 0 aliphatic carbocycles. The molecular formula is C4H7F5Si. The summed E-state index contributed by atoms with van der Waals surface area (Å²) >= 11 is 0. The van der Waals surface area contributed by atoms with E-state index in [1.807, 2.05) is 0 Å². The van der Waals surface area contributed by atoms with Gasteiger partial charge >= 0.3 is 12.1 Å². The maximum Gasteiger partial charge on any atom is 0.453 e. The highest BCUT2D eigenvalue weighted by atomic mass is 28.1. The number of hydrogen-bond donors (Lipinski definition) is 0. The molecule has 0 rings (SSSR count). The lowest BCUT2D eigenvalue weighted by atomic mass is 10.2. The Morgan fingerprint density at radius 1 is 1.00 bits per heavy atom. The normalized spacial score (nSPS) is 14.1. The summed E-state index contributed by atoms with van der Waals surface area (Å²) in [4.78, 5) is 0. The summed E-state index contributed by atoms with van der Waals surface area (Å²) in [5, 5.41) is 0. The van der Waals surface area contributed by atoms with Crippen LogP contribution in [0.5, 0.6) is 0 Å². The van der Waals surface area contributed by atoms with Gasteiger partial charge in [-0.05, 0) is 0 Å². The van der Waals surface area contributed by atoms with Crippen molar-refractivity contribution >= 4 is 10.2 Å². The fraction of sp³-hybridized carbons (Fsp3) is 1.00. The molecule has 0 saturated carbocycles. The first kappa shape index (κ1) is 9.87. The van der Waals surface area contributed by atoms with Crippen molar-refractivity contribution in [2.75, 3.05) is 0 Å². The SMILES string of the molecule is FC(F)(F)C(F)(F)CC[SiH3]. The standard InChI is InChI=1S/C4H7F5Si/c5-3(6,1-2-10)4(7,8)9/h1-2H2,10H3. The largest absolute Gasteiger partial charge is 0.453 e. The van der Waals surface area contributed by atoms with Gasteiger partial charge in [-0.3, -0.25) is 0 Å². The Morgan fingerprint density at radius 3 is 1.50 bits per heavy atom. The highest BCUT2D eigenvalue weighted by Crippen LogP contribution is 2.38. The third-order valence-electron chi connectivity index (χ3n) is 0.979. The van der Waals surface area contributed by atoms with Gasteiger partial charge in [0.05, 0.1) is 0 Å². The molecule has 0 N–H and O–H groups in total. The van der Waals surface area contributed by atoms with Crippen LogP contribution in [0.3, 0.4) is 0 Å². The number of hydrogen-bond acceptors (Lipinski definition) is 0. The van der Waals surface area contributed by atoms with Gasteiger partial charge in [-0.2, -0.15) is 22.0 Å². The first-order valence-electron chi connectivity index (χ1n) is 2.76. The number of alkyl halides is 5. The van der Waals surface area contributed by atoms with Gasteiger partial charge in [-0.1, -0.05) is 6.04 Å². The molecule has 62 valence electrons. The third-order valence-corrected chi connectivity index (χ3v) is 1.48. The van der Waals surface area contributed by atoms with Crippen molar-refractivity contribution in [3.8, 4) is 0 Å². The second-order valence-corrected chi connectivity index (χ2v) is 2.95. The molecule has 0 radical (unpaired) electrons. The average Bonchev–Trinajstić information content (AvgIpc) is 1.61. The zero-order valence-corrected chi connectivity index (χ0v) is 7.30. The van der Waals surface area contributed by atoms with E-state index < -0.39 is 18.5 Å². The van der Waals surface area contributed by atoms with E-state index in [0.717, 1.165) is 0 Å². The summed E-state index contributed by atoms with van der Waals surface area (Å²) in [5.41, 5.74) is 0. The summed E-state index contributed by atoms with van der Waals surface area (Å²) in [7, 11) is 0.374. The second kappa shape index (κ2) is 2.85. The van der Waals surface area contributed by atoms with E-state index in [0.29, 0.717) is 10.2 Å². The number of rotatable bonds is 2. The van der Waals surface area contributed by atoms with Crippen LogP contribution in [0, 0.1) is 0 Å². The van der Waals surface area contributed by atoms with E-state index in [1.54, 1.807) is 0 Å². The minimum absolute atomic E-state index is 0.0352. The van der Waals surface area contributed by atoms with E-state index in [2.05, 4.69) is 0 Å². The number of halogens is 5. The third kappa shape index (κ3) is 2.24.